The summed E-state index contributed by atoms with van der Waals surface area (Å²) in [5, 5.41) is 9.38. The van der Waals surface area contributed by atoms with Crippen LogP contribution in [0.2, 0.25) is 5.02 Å². The standard InChI is InChI=1S/C17H15ClO2/c18-16-9-8-14(10-15(16)17(19)20)13-6-4-12(5-7-13)11-2-1-3-11/h4-11H,1-3H2,(H,19,20). The van der Waals surface area contributed by atoms with Gasteiger partial charge < -0.3 is 5.11 Å². The van der Waals surface area contributed by atoms with Crippen molar-refractivity contribution in [3.8, 4) is 11.1 Å². The Morgan fingerprint density at radius 2 is 1.70 bits per heavy atom. The molecule has 0 amide bonds. The fourth-order valence-corrected chi connectivity index (χ4v) is 2.76. The molecule has 2 nitrogen and oxygen atoms in total. The van der Waals surface area contributed by atoms with Gasteiger partial charge in [0.1, 0.15) is 0 Å². The number of hydrogen-bond donors (Lipinski definition) is 1. The largest absolute Gasteiger partial charge is 0.478 e. The van der Waals surface area contributed by atoms with E-state index in [2.05, 4.69) is 24.3 Å². The van der Waals surface area contributed by atoms with Crippen molar-refractivity contribution in [3.05, 3.63) is 58.6 Å². The molecule has 1 N–H and O–H groups in total. The normalized spacial score (nSPS) is 14.8. The first-order valence-corrected chi connectivity index (χ1v) is 7.16. The van der Waals surface area contributed by atoms with Crippen LogP contribution in [0, 0.1) is 0 Å². The first kappa shape index (κ1) is 13.2. The maximum Gasteiger partial charge on any atom is 0.337 e. The summed E-state index contributed by atoms with van der Waals surface area (Å²) in [6, 6.07) is 13.5. The minimum atomic E-state index is -0.997. The Kier molecular flexibility index (Phi) is 3.49. The molecule has 1 aliphatic rings. The zero-order chi connectivity index (χ0) is 14.1. The summed E-state index contributed by atoms with van der Waals surface area (Å²) >= 11 is 5.89. The van der Waals surface area contributed by atoms with Crippen LogP contribution in [0.4, 0.5) is 0 Å². The molecule has 1 aliphatic carbocycles. The molecule has 2 aromatic carbocycles. The smallest absolute Gasteiger partial charge is 0.337 e. The van der Waals surface area contributed by atoms with E-state index in [0.717, 1.165) is 11.1 Å². The summed E-state index contributed by atoms with van der Waals surface area (Å²) in [4.78, 5) is 11.1. The van der Waals surface area contributed by atoms with Gasteiger partial charge in [0.2, 0.25) is 0 Å². The topological polar surface area (TPSA) is 37.3 Å². The zero-order valence-corrected chi connectivity index (χ0v) is 11.7. The first-order valence-electron chi connectivity index (χ1n) is 6.78. The second-order valence-electron chi connectivity index (χ2n) is 5.25. The van der Waals surface area contributed by atoms with Crippen molar-refractivity contribution in [1.82, 2.24) is 0 Å². The average Bonchev–Trinajstić information content (AvgIpc) is 2.38. The van der Waals surface area contributed by atoms with Gasteiger partial charge in [0, 0.05) is 0 Å². The molecule has 2 aromatic rings. The molecule has 0 atom stereocenters. The third kappa shape index (κ3) is 2.44. The van der Waals surface area contributed by atoms with E-state index in [1.54, 1.807) is 12.1 Å². The van der Waals surface area contributed by atoms with E-state index in [4.69, 9.17) is 16.7 Å². The van der Waals surface area contributed by atoms with Crippen LogP contribution in [-0.4, -0.2) is 11.1 Å². The maximum atomic E-state index is 11.1. The summed E-state index contributed by atoms with van der Waals surface area (Å²) in [5.74, 6) is -0.285. The Bertz CT molecular complexity index is 643. The molecule has 0 bridgehead atoms. The second kappa shape index (κ2) is 5.29. The van der Waals surface area contributed by atoms with Crippen LogP contribution in [0.5, 0.6) is 0 Å². The van der Waals surface area contributed by atoms with Crippen LogP contribution in [0.25, 0.3) is 11.1 Å². The van der Waals surface area contributed by atoms with Gasteiger partial charge in [-0.2, -0.15) is 0 Å². The number of carboxylic acid groups (broad SMARTS) is 1. The van der Waals surface area contributed by atoms with Crippen molar-refractivity contribution >= 4 is 17.6 Å². The number of aromatic carboxylic acids is 1. The highest BCUT2D eigenvalue weighted by atomic mass is 35.5. The van der Waals surface area contributed by atoms with Gasteiger partial charge in [0.25, 0.3) is 0 Å². The number of benzene rings is 2. The van der Waals surface area contributed by atoms with Gasteiger partial charge in [0.15, 0.2) is 0 Å². The van der Waals surface area contributed by atoms with Crippen molar-refractivity contribution < 1.29 is 9.90 Å². The second-order valence-corrected chi connectivity index (χ2v) is 5.66. The Balaban J connectivity index is 1.92. The third-order valence-electron chi connectivity index (χ3n) is 4.02. The highest BCUT2D eigenvalue weighted by Gasteiger charge is 2.19. The number of rotatable bonds is 3. The molecular weight excluding hydrogens is 272 g/mol. The summed E-state index contributed by atoms with van der Waals surface area (Å²) in [5.41, 5.74) is 3.43. The van der Waals surface area contributed by atoms with Crippen LogP contribution >= 0.6 is 11.6 Å². The van der Waals surface area contributed by atoms with E-state index in [9.17, 15) is 4.79 Å². The molecular formula is C17H15ClO2. The molecule has 0 aromatic heterocycles. The number of halogens is 1. The average molecular weight is 287 g/mol. The molecule has 0 unspecified atom stereocenters. The maximum absolute atomic E-state index is 11.1. The first-order chi connectivity index (χ1) is 9.65. The number of carbonyl (C=O) groups is 1. The molecule has 0 spiro atoms. The van der Waals surface area contributed by atoms with Gasteiger partial charge in [-0.15, -0.1) is 0 Å². The van der Waals surface area contributed by atoms with Crippen molar-refractivity contribution in [2.75, 3.05) is 0 Å². The summed E-state index contributed by atoms with van der Waals surface area (Å²) in [6.45, 7) is 0. The van der Waals surface area contributed by atoms with E-state index < -0.39 is 5.97 Å². The van der Waals surface area contributed by atoms with Crippen molar-refractivity contribution in [1.29, 1.82) is 0 Å². The number of carboxylic acids is 1. The van der Waals surface area contributed by atoms with Crippen LogP contribution in [0.15, 0.2) is 42.5 Å². The summed E-state index contributed by atoms with van der Waals surface area (Å²) < 4.78 is 0. The van der Waals surface area contributed by atoms with E-state index in [-0.39, 0.29) is 10.6 Å². The molecule has 1 saturated carbocycles. The molecule has 3 rings (SSSR count). The van der Waals surface area contributed by atoms with E-state index in [0.29, 0.717) is 5.92 Å². The Labute approximate surface area is 123 Å². The Morgan fingerprint density at radius 3 is 2.25 bits per heavy atom. The molecule has 3 heteroatoms. The quantitative estimate of drug-likeness (QED) is 0.864. The fraction of sp³-hybridized carbons (Fsp3) is 0.235. The van der Waals surface area contributed by atoms with Crippen molar-refractivity contribution in [2.45, 2.75) is 25.2 Å². The van der Waals surface area contributed by atoms with Crippen molar-refractivity contribution in [2.24, 2.45) is 0 Å². The molecule has 0 saturated heterocycles. The predicted octanol–water partition coefficient (Wildman–Crippen LogP) is 4.97. The van der Waals surface area contributed by atoms with Crippen molar-refractivity contribution in [3.63, 3.8) is 0 Å². The summed E-state index contributed by atoms with van der Waals surface area (Å²) in [6.07, 6.45) is 3.89. The number of hydrogen-bond acceptors (Lipinski definition) is 1. The predicted molar refractivity (Wildman–Crippen MR) is 80.4 cm³/mol. The van der Waals surface area contributed by atoms with Gasteiger partial charge in [-0.25, -0.2) is 4.79 Å². The van der Waals surface area contributed by atoms with Crippen LogP contribution in [0.3, 0.4) is 0 Å². The minimum absolute atomic E-state index is 0.146. The fourth-order valence-electron chi connectivity index (χ4n) is 2.56. The van der Waals surface area contributed by atoms with Gasteiger partial charge >= 0.3 is 5.97 Å². The minimum Gasteiger partial charge on any atom is -0.478 e. The highest BCUT2D eigenvalue weighted by molar-refractivity contribution is 6.33. The molecule has 102 valence electrons. The molecule has 20 heavy (non-hydrogen) atoms. The Morgan fingerprint density at radius 1 is 1.05 bits per heavy atom. The third-order valence-corrected chi connectivity index (χ3v) is 4.35. The molecule has 0 radical (unpaired) electrons. The van der Waals surface area contributed by atoms with E-state index in [1.807, 2.05) is 6.07 Å². The van der Waals surface area contributed by atoms with E-state index >= 15 is 0 Å². The van der Waals surface area contributed by atoms with Gasteiger partial charge in [-0.1, -0.05) is 48.4 Å². The summed E-state index contributed by atoms with van der Waals surface area (Å²) in [7, 11) is 0. The lowest BCUT2D eigenvalue weighted by Crippen LogP contribution is -2.08. The van der Waals surface area contributed by atoms with Crippen LogP contribution in [-0.2, 0) is 0 Å². The lowest BCUT2D eigenvalue weighted by molar-refractivity contribution is 0.0697. The van der Waals surface area contributed by atoms with Crippen LogP contribution < -0.4 is 0 Å². The Hall–Kier alpha value is -1.80. The molecule has 0 aliphatic heterocycles. The van der Waals surface area contributed by atoms with Gasteiger partial charge in [-0.05, 0) is 47.6 Å². The SMILES string of the molecule is O=C(O)c1cc(-c2ccc(C3CCC3)cc2)ccc1Cl. The van der Waals surface area contributed by atoms with Gasteiger partial charge in [-0.3, -0.25) is 0 Å². The van der Waals surface area contributed by atoms with E-state index in [1.165, 1.54) is 24.8 Å². The van der Waals surface area contributed by atoms with Crippen LogP contribution in [0.1, 0.15) is 41.1 Å². The lowest BCUT2D eigenvalue weighted by Gasteiger charge is -2.25. The zero-order valence-electron chi connectivity index (χ0n) is 11.0. The molecule has 0 heterocycles. The highest BCUT2D eigenvalue weighted by Crippen LogP contribution is 2.37. The lowest BCUT2D eigenvalue weighted by atomic mass is 9.80. The van der Waals surface area contributed by atoms with Gasteiger partial charge in [0.05, 0.1) is 10.6 Å². The monoisotopic (exact) mass is 286 g/mol. The molecule has 1 fully saturated rings.